The number of thiophene rings is 1. The number of nitro groups is 1. The fourth-order valence-electron chi connectivity index (χ4n) is 2.84. The fourth-order valence-corrected chi connectivity index (χ4v) is 3.79. The normalized spacial score (nSPS) is 10.3. The SMILES string of the molecule is CCOC(=O)c1c(-c2ccccc2)csc1NC(=O)c1ccc(OC)c([N+](=O)[O-])c1. The van der Waals surface area contributed by atoms with Crippen molar-refractivity contribution >= 4 is 33.9 Å². The largest absolute Gasteiger partial charge is 0.490 e. The molecule has 0 unspecified atom stereocenters. The summed E-state index contributed by atoms with van der Waals surface area (Å²) in [6.45, 7) is 1.88. The van der Waals surface area contributed by atoms with Gasteiger partial charge in [-0.2, -0.15) is 0 Å². The van der Waals surface area contributed by atoms with E-state index in [0.29, 0.717) is 10.6 Å². The van der Waals surface area contributed by atoms with E-state index in [1.807, 2.05) is 30.3 Å². The molecule has 8 nitrogen and oxygen atoms in total. The van der Waals surface area contributed by atoms with Gasteiger partial charge in [0.25, 0.3) is 5.91 Å². The molecule has 30 heavy (non-hydrogen) atoms. The van der Waals surface area contributed by atoms with E-state index >= 15 is 0 Å². The Kier molecular flexibility index (Phi) is 6.43. The number of ether oxygens (including phenoxy) is 2. The number of nitrogens with one attached hydrogen (secondary N) is 1. The fraction of sp³-hybridized carbons (Fsp3) is 0.143. The van der Waals surface area contributed by atoms with E-state index in [2.05, 4.69) is 5.32 Å². The van der Waals surface area contributed by atoms with Gasteiger partial charge in [0.1, 0.15) is 10.6 Å². The summed E-state index contributed by atoms with van der Waals surface area (Å²) in [5, 5.41) is 16.0. The quantitative estimate of drug-likeness (QED) is 0.331. The molecular formula is C21H18N2O6S. The van der Waals surface area contributed by atoms with E-state index in [4.69, 9.17) is 9.47 Å². The minimum Gasteiger partial charge on any atom is -0.490 e. The number of carbonyl (C=O) groups excluding carboxylic acids is 2. The van der Waals surface area contributed by atoms with Crippen molar-refractivity contribution in [3.05, 3.63) is 75.2 Å². The zero-order valence-electron chi connectivity index (χ0n) is 16.2. The zero-order chi connectivity index (χ0) is 21.7. The van der Waals surface area contributed by atoms with Crippen LogP contribution >= 0.6 is 11.3 Å². The van der Waals surface area contributed by atoms with E-state index in [1.54, 1.807) is 12.3 Å². The molecule has 1 N–H and O–H groups in total. The summed E-state index contributed by atoms with van der Waals surface area (Å²) in [6, 6.07) is 13.1. The summed E-state index contributed by atoms with van der Waals surface area (Å²) < 4.78 is 10.1. The zero-order valence-corrected chi connectivity index (χ0v) is 17.0. The first-order chi connectivity index (χ1) is 14.5. The Morgan fingerprint density at radius 1 is 1.17 bits per heavy atom. The van der Waals surface area contributed by atoms with E-state index in [1.165, 1.54) is 30.6 Å². The first-order valence-corrected chi connectivity index (χ1v) is 9.82. The smallest absolute Gasteiger partial charge is 0.341 e. The van der Waals surface area contributed by atoms with Crippen molar-refractivity contribution in [1.82, 2.24) is 0 Å². The van der Waals surface area contributed by atoms with Crippen LogP contribution in [0.15, 0.2) is 53.9 Å². The second kappa shape index (κ2) is 9.19. The number of methoxy groups -OCH3 is 1. The molecule has 0 aliphatic carbocycles. The van der Waals surface area contributed by atoms with Gasteiger partial charge in [-0.1, -0.05) is 30.3 Å². The van der Waals surface area contributed by atoms with Gasteiger partial charge in [-0.15, -0.1) is 11.3 Å². The van der Waals surface area contributed by atoms with Crippen molar-refractivity contribution in [3.63, 3.8) is 0 Å². The minimum absolute atomic E-state index is 0.0475. The Hall–Kier alpha value is -3.72. The van der Waals surface area contributed by atoms with Crippen molar-refractivity contribution < 1.29 is 24.0 Å². The summed E-state index contributed by atoms with van der Waals surface area (Å²) in [5.41, 5.74) is 1.41. The molecule has 1 heterocycles. The molecule has 0 aliphatic heterocycles. The van der Waals surface area contributed by atoms with Crippen LogP contribution in [0.2, 0.25) is 0 Å². The van der Waals surface area contributed by atoms with Gasteiger partial charge >= 0.3 is 11.7 Å². The van der Waals surface area contributed by atoms with Crippen molar-refractivity contribution in [2.24, 2.45) is 0 Å². The molecule has 1 aromatic heterocycles. The van der Waals surface area contributed by atoms with Crippen LogP contribution < -0.4 is 10.1 Å². The number of anilines is 1. The maximum Gasteiger partial charge on any atom is 0.341 e. The number of benzene rings is 2. The maximum absolute atomic E-state index is 12.7. The highest BCUT2D eigenvalue weighted by Crippen LogP contribution is 2.37. The number of nitro benzene ring substituents is 1. The molecular weight excluding hydrogens is 408 g/mol. The molecule has 1 amide bonds. The van der Waals surface area contributed by atoms with Crippen LogP contribution in [0.3, 0.4) is 0 Å². The third kappa shape index (κ3) is 4.31. The van der Waals surface area contributed by atoms with Gasteiger partial charge in [0.05, 0.1) is 18.6 Å². The lowest BCUT2D eigenvalue weighted by Gasteiger charge is -2.09. The number of hydrogen-bond acceptors (Lipinski definition) is 7. The van der Waals surface area contributed by atoms with Crippen LogP contribution in [0.1, 0.15) is 27.6 Å². The predicted molar refractivity (Wildman–Crippen MR) is 113 cm³/mol. The number of rotatable bonds is 7. The van der Waals surface area contributed by atoms with E-state index in [0.717, 1.165) is 11.6 Å². The van der Waals surface area contributed by atoms with E-state index in [9.17, 15) is 19.7 Å². The molecule has 0 aliphatic rings. The van der Waals surface area contributed by atoms with Gasteiger partial charge in [0, 0.05) is 22.6 Å². The van der Waals surface area contributed by atoms with Gasteiger partial charge in [-0.25, -0.2) is 4.79 Å². The molecule has 0 spiro atoms. The van der Waals surface area contributed by atoms with E-state index < -0.39 is 16.8 Å². The molecule has 0 saturated heterocycles. The standard InChI is InChI=1S/C21H18N2O6S/c1-3-29-21(25)18-15(13-7-5-4-6-8-13)12-30-20(18)22-19(24)14-9-10-17(28-2)16(11-14)23(26)27/h4-12H,3H2,1-2H3,(H,22,24). The number of amides is 1. The molecule has 0 bridgehead atoms. The highest BCUT2D eigenvalue weighted by molar-refractivity contribution is 7.15. The van der Waals surface area contributed by atoms with Crippen LogP contribution in [0.5, 0.6) is 5.75 Å². The molecule has 2 aromatic carbocycles. The highest BCUT2D eigenvalue weighted by atomic mass is 32.1. The van der Waals surface area contributed by atoms with Crippen molar-refractivity contribution in [1.29, 1.82) is 0 Å². The summed E-state index contributed by atoms with van der Waals surface area (Å²) in [7, 11) is 1.31. The van der Waals surface area contributed by atoms with Crippen molar-refractivity contribution in [2.45, 2.75) is 6.92 Å². The molecule has 0 radical (unpaired) electrons. The van der Waals surface area contributed by atoms with Gasteiger partial charge in [-0.05, 0) is 24.6 Å². The monoisotopic (exact) mass is 426 g/mol. The highest BCUT2D eigenvalue weighted by Gasteiger charge is 2.24. The summed E-state index contributed by atoms with van der Waals surface area (Å²) in [6.07, 6.45) is 0. The maximum atomic E-state index is 12.7. The Labute approximate surface area is 176 Å². The lowest BCUT2D eigenvalue weighted by molar-refractivity contribution is -0.385. The van der Waals surface area contributed by atoms with Crippen LogP contribution in [-0.4, -0.2) is 30.5 Å². The molecule has 0 saturated carbocycles. The van der Waals surface area contributed by atoms with Gasteiger partial charge in [0.2, 0.25) is 0 Å². The van der Waals surface area contributed by atoms with Gasteiger partial charge < -0.3 is 14.8 Å². The summed E-state index contributed by atoms with van der Waals surface area (Å²) in [5.74, 6) is -1.10. The third-order valence-electron chi connectivity index (χ3n) is 4.22. The lowest BCUT2D eigenvalue weighted by atomic mass is 10.0. The summed E-state index contributed by atoms with van der Waals surface area (Å²) in [4.78, 5) is 35.9. The van der Waals surface area contributed by atoms with Gasteiger partial charge in [-0.3, -0.25) is 14.9 Å². The molecule has 154 valence electrons. The van der Waals surface area contributed by atoms with Crippen molar-refractivity contribution in [3.8, 4) is 16.9 Å². The van der Waals surface area contributed by atoms with E-state index in [-0.39, 0.29) is 29.2 Å². The molecule has 0 fully saturated rings. The number of hydrogen-bond donors (Lipinski definition) is 1. The molecule has 3 aromatic rings. The number of esters is 1. The Morgan fingerprint density at radius 3 is 2.53 bits per heavy atom. The summed E-state index contributed by atoms with van der Waals surface area (Å²) >= 11 is 1.18. The molecule has 9 heteroatoms. The van der Waals surface area contributed by atoms with Crippen LogP contribution in [0.4, 0.5) is 10.7 Å². The average molecular weight is 426 g/mol. The van der Waals surface area contributed by atoms with Crippen molar-refractivity contribution in [2.75, 3.05) is 19.0 Å². The first kappa shape index (κ1) is 21.0. The lowest BCUT2D eigenvalue weighted by Crippen LogP contribution is -2.15. The molecule has 3 rings (SSSR count). The van der Waals surface area contributed by atoms with Crippen LogP contribution in [0.25, 0.3) is 11.1 Å². The number of nitrogens with zero attached hydrogens (tertiary/aromatic N) is 1. The number of carbonyl (C=O) groups is 2. The topological polar surface area (TPSA) is 108 Å². The Balaban J connectivity index is 1.98. The first-order valence-electron chi connectivity index (χ1n) is 8.94. The Bertz CT molecular complexity index is 1090. The van der Waals surface area contributed by atoms with Crippen LogP contribution in [-0.2, 0) is 4.74 Å². The third-order valence-corrected chi connectivity index (χ3v) is 5.12. The van der Waals surface area contributed by atoms with Crippen LogP contribution in [0, 0.1) is 10.1 Å². The second-order valence-electron chi connectivity index (χ2n) is 6.04. The average Bonchev–Trinajstić information content (AvgIpc) is 3.17. The van der Waals surface area contributed by atoms with Gasteiger partial charge in [0.15, 0.2) is 5.75 Å². The second-order valence-corrected chi connectivity index (χ2v) is 6.92. The Morgan fingerprint density at radius 2 is 1.90 bits per heavy atom. The molecule has 0 atom stereocenters. The predicted octanol–water partition coefficient (Wildman–Crippen LogP) is 4.76. The minimum atomic E-state index is -0.627.